The minimum absolute atomic E-state index is 0.162. The van der Waals surface area contributed by atoms with E-state index in [1.165, 1.54) is 11.3 Å². The van der Waals surface area contributed by atoms with Gasteiger partial charge in [0.05, 0.1) is 5.69 Å². The van der Waals surface area contributed by atoms with Crippen LogP contribution in [-0.2, 0) is 6.54 Å². The Morgan fingerprint density at radius 3 is 3.08 bits per heavy atom. The molecule has 1 N–H and O–H groups in total. The predicted molar refractivity (Wildman–Crippen MR) is 54.1 cm³/mol. The average Bonchev–Trinajstić information content (AvgIpc) is 2.54. The highest BCUT2D eigenvalue weighted by Crippen LogP contribution is 2.12. The number of thiazole rings is 1. The zero-order valence-electron chi connectivity index (χ0n) is 7.96. The molecular weight excluding hydrogens is 184 g/mol. The Morgan fingerprint density at radius 2 is 2.46 bits per heavy atom. The van der Waals surface area contributed by atoms with E-state index in [2.05, 4.69) is 10.3 Å². The van der Waals surface area contributed by atoms with Crippen LogP contribution in [0.1, 0.15) is 35.3 Å². The van der Waals surface area contributed by atoms with E-state index in [9.17, 15) is 4.79 Å². The molecule has 0 saturated heterocycles. The first kappa shape index (κ1) is 10.3. The van der Waals surface area contributed by atoms with Gasteiger partial charge in [0.2, 0.25) is 0 Å². The normalized spacial score (nSPS) is 10.3. The van der Waals surface area contributed by atoms with Crippen LogP contribution in [0, 0.1) is 0 Å². The number of hydrogen-bond acceptors (Lipinski definition) is 4. The van der Waals surface area contributed by atoms with Crippen molar-refractivity contribution in [3.05, 3.63) is 16.1 Å². The lowest BCUT2D eigenvalue weighted by atomic mass is 10.2. The molecule has 0 spiro atoms. The molecule has 0 unspecified atom stereocenters. The van der Waals surface area contributed by atoms with Crippen molar-refractivity contribution in [2.75, 3.05) is 7.05 Å². The van der Waals surface area contributed by atoms with Gasteiger partial charge in [-0.05, 0) is 13.5 Å². The number of Topliss-reactive ketones (excluding diaryl/α,β-unsaturated/α-hetero) is 1. The summed E-state index contributed by atoms with van der Waals surface area (Å²) in [6, 6.07) is 0. The van der Waals surface area contributed by atoms with Crippen molar-refractivity contribution in [2.24, 2.45) is 0 Å². The molecule has 3 nitrogen and oxygen atoms in total. The Bertz CT molecular complexity index is 283. The molecule has 0 fully saturated rings. The van der Waals surface area contributed by atoms with Gasteiger partial charge in [0.15, 0.2) is 10.8 Å². The molecule has 1 rings (SSSR count). The summed E-state index contributed by atoms with van der Waals surface area (Å²) in [5, 5.41) is 5.58. The number of aromatic nitrogens is 1. The molecule has 1 aromatic heterocycles. The molecule has 0 aromatic carbocycles. The summed E-state index contributed by atoms with van der Waals surface area (Å²) in [4.78, 5) is 15.6. The van der Waals surface area contributed by atoms with E-state index in [-0.39, 0.29) is 5.78 Å². The second-order valence-electron chi connectivity index (χ2n) is 2.85. The average molecular weight is 198 g/mol. The van der Waals surface area contributed by atoms with Crippen molar-refractivity contribution in [1.29, 1.82) is 0 Å². The minimum atomic E-state index is 0.162. The highest BCUT2D eigenvalue weighted by Gasteiger charge is 2.09. The molecule has 0 amide bonds. The molecule has 0 radical (unpaired) electrons. The van der Waals surface area contributed by atoms with Gasteiger partial charge in [0.25, 0.3) is 0 Å². The fourth-order valence-corrected chi connectivity index (χ4v) is 1.82. The number of carbonyl (C=O) groups is 1. The largest absolute Gasteiger partial charge is 0.314 e. The molecule has 1 aromatic rings. The lowest BCUT2D eigenvalue weighted by Gasteiger charge is -1.92. The van der Waals surface area contributed by atoms with Crippen LogP contribution in [0.15, 0.2) is 5.38 Å². The molecule has 0 aliphatic carbocycles. The van der Waals surface area contributed by atoms with Crippen LogP contribution in [0.5, 0.6) is 0 Å². The summed E-state index contributed by atoms with van der Waals surface area (Å²) in [7, 11) is 1.87. The Kier molecular flexibility index (Phi) is 4.05. The van der Waals surface area contributed by atoms with E-state index in [1.807, 2.05) is 19.4 Å². The van der Waals surface area contributed by atoms with Crippen molar-refractivity contribution in [3.63, 3.8) is 0 Å². The van der Waals surface area contributed by atoms with Crippen molar-refractivity contribution in [2.45, 2.75) is 26.3 Å². The van der Waals surface area contributed by atoms with Crippen LogP contribution in [0.2, 0.25) is 0 Å². The Morgan fingerprint density at radius 1 is 1.69 bits per heavy atom. The number of nitrogens with one attached hydrogen (secondary N) is 1. The van der Waals surface area contributed by atoms with E-state index in [0.29, 0.717) is 11.4 Å². The third kappa shape index (κ3) is 2.90. The molecular formula is C9H14N2OS. The predicted octanol–water partition coefficient (Wildman–Crippen LogP) is 1.85. The fourth-order valence-electron chi connectivity index (χ4n) is 1.03. The number of hydrogen-bond donors (Lipinski definition) is 1. The summed E-state index contributed by atoms with van der Waals surface area (Å²) in [5.74, 6) is 0.162. The molecule has 0 aliphatic heterocycles. The molecule has 13 heavy (non-hydrogen) atoms. The van der Waals surface area contributed by atoms with Crippen LogP contribution in [0.25, 0.3) is 0 Å². The fraction of sp³-hybridized carbons (Fsp3) is 0.556. The highest BCUT2D eigenvalue weighted by molar-refractivity contribution is 7.11. The molecule has 72 valence electrons. The summed E-state index contributed by atoms with van der Waals surface area (Å²) in [6.45, 7) is 2.73. The van der Waals surface area contributed by atoms with E-state index in [0.717, 1.165) is 18.7 Å². The molecule has 1 heterocycles. The molecule has 0 aliphatic rings. The Balaban J connectivity index is 2.62. The van der Waals surface area contributed by atoms with Crippen LogP contribution in [0.4, 0.5) is 0 Å². The van der Waals surface area contributed by atoms with E-state index < -0.39 is 0 Å². The number of nitrogens with zero attached hydrogens (tertiary/aromatic N) is 1. The molecule has 4 heteroatoms. The maximum atomic E-state index is 11.4. The molecule has 0 atom stereocenters. The SMILES string of the molecule is CCCC(=O)c1nc(CNC)cs1. The summed E-state index contributed by atoms with van der Waals surface area (Å²) < 4.78 is 0. The summed E-state index contributed by atoms with van der Waals surface area (Å²) >= 11 is 1.44. The van der Waals surface area contributed by atoms with Crippen LogP contribution in [0.3, 0.4) is 0 Å². The van der Waals surface area contributed by atoms with Crippen LogP contribution in [-0.4, -0.2) is 17.8 Å². The lowest BCUT2D eigenvalue weighted by molar-refractivity contribution is 0.0981. The van der Waals surface area contributed by atoms with Crippen molar-refractivity contribution in [3.8, 4) is 0 Å². The van der Waals surface area contributed by atoms with Gasteiger partial charge in [0.1, 0.15) is 0 Å². The Hall–Kier alpha value is -0.740. The van der Waals surface area contributed by atoms with Crippen molar-refractivity contribution >= 4 is 17.1 Å². The van der Waals surface area contributed by atoms with Gasteiger partial charge in [-0.1, -0.05) is 6.92 Å². The summed E-state index contributed by atoms with van der Waals surface area (Å²) in [5.41, 5.74) is 0.951. The topological polar surface area (TPSA) is 42.0 Å². The second kappa shape index (κ2) is 5.09. The zero-order chi connectivity index (χ0) is 9.68. The first-order chi connectivity index (χ1) is 6.27. The monoisotopic (exact) mass is 198 g/mol. The third-order valence-corrected chi connectivity index (χ3v) is 2.56. The molecule has 0 saturated carbocycles. The lowest BCUT2D eigenvalue weighted by Crippen LogP contribution is -2.06. The van der Waals surface area contributed by atoms with Gasteiger partial charge < -0.3 is 5.32 Å². The van der Waals surface area contributed by atoms with Gasteiger partial charge in [-0.3, -0.25) is 4.79 Å². The van der Waals surface area contributed by atoms with E-state index in [1.54, 1.807) is 0 Å². The van der Waals surface area contributed by atoms with Crippen molar-refractivity contribution in [1.82, 2.24) is 10.3 Å². The van der Waals surface area contributed by atoms with Crippen LogP contribution >= 0.6 is 11.3 Å². The second-order valence-corrected chi connectivity index (χ2v) is 3.71. The maximum Gasteiger partial charge on any atom is 0.191 e. The number of ketones is 1. The van der Waals surface area contributed by atoms with Gasteiger partial charge in [0, 0.05) is 18.3 Å². The maximum absolute atomic E-state index is 11.4. The smallest absolute Gasteiger partial charge is 0.191 e. The Labute approximate surface area is 82.2 Å². The number of rotatable bonds is 5. The first-order valence-corrected chi connectivity index (χ1v) is 5.28. The first-order valence-electron chi connectivity index (χ1n) is 4.40. The minimum Gasteiger partial charge on any atom is -0.314 e. The quantitative estimate of drug-likeness (QED) is 0.734. The highest BCUT2D eigenvalue weighted by atomic mass is 32.1. The van der Waals surface area contributed by atoms with Crippen molar-refractivity contribution < 1.29 is 4.79 Å². The van der Waals surface area contributed by atoms with E-state index >= 15 is 0 Å². The van der Waals surface area contributed by atoms with Gasteiger partial charge in [-0.2, -0.15) is 0 Å². The van der Waals surface area contributed by atoms with Gasteiger partial charge in [-0.15, -0.1) is 11.3 Å². The van der Waals surface area contributed by atoms with Crippen LogP contribution < -0.4 is 5.32 Å². The molecule has 0 bridgehead atoms. The van der Waals surface area contributed by atoms with E-state index in [4.69, 9.17) is 0 Å². The number of carbonyl (C=O) groups excluding carboxylic acids is 1. The zero-order valence-corrected chi connectivity index (χ0v) is 8.78. The standard InChI is InChI=1S/C9H14N2OS/c1-3-4-8(12)9-11-7(5-10-2)6-13-9/h6,10H,3-5H2,1-2H3. The van der Waals surface area contributed by atoms with Gasteiger partial charge >= 0.3 is 0 Å². The summed E-state index contributed by atoms with van der Waals surface area (Å²) in [6.07, 6.45) is 1.49. The van der Waals surface area contributed by atoms with Gasteiger partial charge in [-0.25, -0.2) is 4.98 Å². The third-order valence-electron chi connectivity index (χ3n) is 1.63.